The van der Waals surface area contributed by atoms with Crippen LogP contribution in [0.5, 0.6) is 0 Å². The summed E-state index contributed by atoms with van der Waals surface area (Å²) in [5.74, 6) is -1.39. The Hall–Kier alpha value is -1.84. The molecule has 2 saturated carbocycles. The van der Waals surface area contributed by atoms with Gasteiger partial charge < -0.3 is 10.4 Å². The number of amides is 1. The van der Waals surface area contributed by atoms with E-state index in [0.717, 1.165) is 30.5 Å². The second kappa shape index (κ2) is 4.93. The fourth-order valence-electron chi connectivity index (χ4n) is 3.95. The lowest BCUT2D eigenvalue weighted by molar-refractivity contribution is -0.148. The van der Waals surface area contributed by atoms with Gasteiger partial charge in [-0.1, -0.05) is 18.2 Å². The summed E-state index contributed by atoms with van der Waals surface area (Å²) >= 11 is 0. The molecule has 0 radical (unpaired) electrons. The third-order valence-corrected chi connectivity index (χ3v) is 4.91. The molecule has 0 unspecified atom stereocenters. The minimum absolute atomic E-state index is 0.126. The Morgan fingerprint density at radius 1 is 1.15 bits per heavy atom. The van der Waals surface area contributed by atoms with Crippen molar-refractivity contribution in [1.29, 1.82) is 0 Å². The van der Waals surface area contributed by atoms with Gasteiger partial charge in [-0.2, -0.15) is 0 Å². The molecule has 1 aromatic carbocycles. The number of rotatable bonds is 3. The van der Waals surface area contributed by atoms with Gasteiger partial charge in [-0.05, 0) is 49.7 Å². The SMILES string of the molecule is Cc1ccccc1NC(=O)[C@H]1[C@@H]2CC[C@@H](C2)[C@@H]1C(=O)O. The first kappa shape index (κ1) is 13.2. The molecule has 2 bridgehead atoms. The zero-order chi connectivity index (χ0) is 14.3. The normalized spacial score (nSPS) is 31.2. The van der Waals surface area contributed by atoms with E-state index in [1.165, 1.54) is 0 Å². The van der Waals surface area contributed by atoms with Crippen LogP contribution in [0.3, 0.4) is 0 Å². The lowest BCUT2D eigenvalue weighted by atomic mass is 9.78. The predicted octanol–water partition coefficient (Wildman–Crippen LogP) is 2.68. The number of hydrogen-bond donors (Lipinski definition) is 2. The molecule has 4 heteroatoms. The van der Waals surface area contributed by atoms with Gasteiger partial charge in [0.15, 0.2) is 0 Å². The highest BCUT2D eigenvalue weighted by Gasteiger charge is 2.53. The van der Waals surface area contributed by atoms with Gasteiger partial charge in [0.2, 0.25) is 5.91 Å². The van der Waals surface area contributed by atoms with Crippen molar-refractivity contribution in [2.45, 2.75) is 26.2 Å². The number of aliphatic carboxylic acids is 1. The van der Waals surface area contributed by atoms with Crippen LogP contribution in [0.1, 0.15) is 24.8 Å². The molecule has 0 heterocycles. The number of fused-ring (bicyclic) bond motifs is 2. The Kier molecular flexibility index (Phi) is 3.24. The van der Waals surface area contributed by atoms with Crippen LogP contribution in [-0.2, 0) is 9.59 Å². The van der Waals surface area contributed by atoms with Crippen LogP contribution >= 0.6 is 0 Å². The Morgan fingerprint density at radius 3 is 2.45 bits per heavy atom. The van der Waals surface area contributed by atoms with E-state index in [-0.39, 0.29) is 23.7 Å². The monoisotopic (exact) mass is 273 g/mol. The minimum atomic E-state index is -0.817. The van der Waals surface area contributed by atoms with Crippen LogP contribution in [0, 0.1) is 30.6 Å². The van der Waals surface area contributed by atoms with E-state index in [4.69, 9.17) is 0 Å². The molecule has 2 aliphatic carbocycles. The first-order valence-corrected chi connectivity index (χ1v) is 7.17. The predicted molar refractivity (Wildman–Crippen MR) is 75.3 cm³/mol. The molecule has 0 aromatic heterocycles. The quantitative estimate of drug-likeness (QED) is 0.889. The minimum Gasteiger partial charge on any atom is -0.481 e. The third-order valence-electron chi connectivity index (χ3n) is 4.91. The van der Waals surface area contributed by atoms with Gasteiger partial charge in [0, 0.05) is 5.69 Å². The number of benzene rings is 1. The molecule has 4 nitrogen and oxygen atoms in total. The molecule has 2 fully saturated rings. The number of carbonyl (C=O) groups excluding carboxylic acids is 1. The molecule has 1 aromatic rings. The van der Waals surface area contributed by atoms with Gasteiger partial charge in [-0.15, -0.1) is 0 Å². The number of carboxylic acids is 1. The smallest absolute Gasteiger partial charge is 0.307 e. The summed E-state index contributed by atoms with van der Waals surface area (Å²) in [7, 11) is 0. The molecule has 0 spiro atoms. The number of nitrogens with one attached hydrogen (secondary N) is 1. The fourth-order valence-corrected chi connectivity index (χ4v) is 3.95. The molecular formula is C16H19NO3. The van der Waals surface area contributed by atoms with Crippen molar-refractivity contribution in [3.63, 3.8) is 0 Å². The number of carboxylic acid groups (broad SMARTS) is 1. The standard InChI is InChI=1S/C16H19NO3/c1-9-4-2-3-5-12(9)17-15(18)13-10-6-7-11(8-10)14(13)16(19)20/h2-5,10-11,13-14H,6-8H2,1H3,(H,17,18)(H,19,20)/t10-,11+,13+,14+/m1/s1. The Labute approximate surface area is 118 Å². The van der Waals surface area contributed by atoms with Crippen molar-refractivity contribution >= 4 is 17.6 Å². The highest BCUT2D eigenvalue weighted by atomic mass is 16.4. The average molecular weight is 273 g/mol. The van der Waals surface area contributed by atoms with Crippen LogP contribution in [0.2, 0.25) is 0 Å². The van der Waals surface area contributed by atoms with Gasteiger partial charge in [0.1, 0.15) is 0 Å². The topological polar surface area (TPSA) is 66.4 Å². The molecule has 2 N–H and O–H groups in total. The number of aryl methyl sites for hydroxylation is 1. The van der Waals surface area contributed by atoms with Crippen molar-refractivity contribution in [3.05, 3.63) is 29.8 Å². The molecule has 3 rings (SSSR count). The van der Waals surface area contributed by atoms with E-state index >= 15 is 0 Å². The highest BCUT2D eigenvalue weighted by molar-refractivity contribution is 5.96. The second-order valence-corrected chi connectivity index (χ2v) is 6.03. The van der Waals surface area contributed by atoms with Crippen molar-refractivity contribution in [2.24, 2.45) is 23.7 Å². The van der Waals surface area contributed by atoms with Gasteiger partial charge in [-0.25, -0.2) is 0 Å². The number of para-hydroxylation sites is 1. The summed E-state index contributed by atoms with van der Waals surface area (Å²) in [5, 5.41) is 12.3. The Bertz CT molecular complexity index is 554. The highest BCUT2D eigenvalue weighted by Crippen LogP contribution is 2.52. The first-order valence-electron chi connectivity index (χ1n) is 7.17. The molecule has 4 atom stereocenters. The molecule has 0 aliphatic heterocycles. The maximum absolute atomic E-state index is 12.5. The zero-order valence-corrected chi connectivity index (χ0v) is 11.5. The zero-order valence-electron chi connectivity index (χ0n) is 11.5. The number of hydrogen-bond acceptors (Lipinski definition) is 2. The van der Waals surface area contributed by atoms with E-state index in [9.17, 15) is 14.7 Å². The summed E-state index contributed by atoms with van der Waals surface area (Å²) < 4.78 is 0. The van der Waals surface area contributed by atoms with Crippen LogP contribution in [0.15, 0.2) is 24.3 Å². The van der Waals surface area contributed by atoms with Gasteiger partial charge in [0.25, 0.3) is 0 Å². The third kappa shape index (κ3) is 2.09. The van der Waals surface area contributed by atoms with Gasteiger partial charge in [-0.3, -0.25) is 9.59 Å². The van der Waals surface area contributed by atoms with E-state index in [1.807, 2.05) is 31.2 Å². The van der Waals surface area contributed by atoms with Crippen LogP contribution in [0.25, 0.3) is 0 Å². The average Bonchev–Trinajstić information content (AvgIpc) is 3.01. The molecule has 2 aliphatic rings. The molecule has 20 heavy (non-hydrogen) atoms. The number of anilines is 1. The second-order valence-electron chi connectivity index (χ2n) is 6.03. The fraction of sp³-hybridized carbons (Fsp3) is 0.500. The Morgan fingerprint density at radius 2 is 1.80 bits per heavy atom. The summed E-state index contributed by atoms with van der Waals surface area (Å²) in [5.41, 5.74) is 1.78. The summed E-state index contributed by atoms with van der Waals surface area (Å²) in [6.07, 6.45) is 2.83. The lowest BCUT2D eigenvalue weighted by Crippen LogP contribution is -2.37. The number of carbonyl (C=O) groups is 2. The van der Waals surface area contributed by atoms with Gasteiger partial charge in [0.05, 0.1) is 11.8 Å². The Balaban J connectivity index is 1.80. The van der Waals surface area contributed by atoms with Gasteiger partial charge >= 0.3 is 5.97 Å². The van der Waals surface area contributed by atoms with Crippen LogP contribution in [0.4, 0.5) is 5.69 Å². The summed E-state index contributed by atoms with van der Waals surface area (Å²) in [6.45, 7) is 1.94. The van der Waals surface area contributed by atoms with Crippen molar-refractivity contribution < 1.29 is 14.7 Å². The van der Waals surface area contributed by atoms with E-state index in [0.29, 0.717) is 0 Å². The van der Waals surface area contributed by atoms with E-state index in [1.54, 1.807) is 0 Å². The van der Waals surface area contributed by atoms with E-state index in [2.05, 4.69) is 5.32 Å². The lowest BCUT2D eigenvalue weighted by Gasteiger charge is -2.27. The summed E-state index contributed by atoms with van der Waals surface area (Å²) in [6, 6.07) is 7.59. The first-order chi connectivity index (χ1) is 9.58. The summed E-state index contributed by atoms with van der Waals surface area (Å²) in [4.78, 5) is 23.9. The van der Waals surface area contributed by atoms with Crippen LogP contribution in [-0.4, -0.2) is 17.0 Å². The maximum Gasteiger partial charge on any atom is 0.307 e. The maximum atomic E-state index is 12.5. The van der Waals surface area contributed by atoms with E-state index < -0.39 is 11.9 Å². The largest absolute Gasteiger partial charge is 0.481 e. The molecule has 106 valence electrons. The van der Waals surface area contributed by atoms with Crippen molar-refractivity contribution in [3.8, 4) is 0 Å². The van der Waals surface area contributed by atoms with Crippen molar-refractivity contribution in [1.82, 2.24) is 0 Å². The molecule has 0 saturated heterocycles. The molecule has 1 amide bonds. The van der Waals surface area contributed by atoms with Crippen LogP contribution < -0.4 is 5.32 Å². The molecular weight excluding hydrogens is 254 g/mol. The van der Waals surface area contributed by atoms with Crippen molar-refractivity contribution in [2.75, 3.05) is 5.32 Å².